The van der Waals surface area contributed by atoms with E-state index in [4.69, 9.17) is 4.74 Å². The smallest absolute Gasteiger partial charge is 0.243 e. The number of aryl methyl sites for hydroxylation is 2. The summed E-state index contributed by atoms with van der Waals surface area (Å²) in [6.07, 6.45) is 8.00. The van der Waals surface area contributed by atoms with Crippen LogP contribution in [-0.4, -0.2) is 112 Å². The summed E-state index contributed by atoms with van der Waals surface area (Å²) >= 11 is 0. The number of hydrogen-bond acceptors (Lipinski definition) is 7. The van der Waals surface area contributed by atoms with Crippen LogP contribution in [0.5, 0.6) is 5.75 Å². The van der Waals surface area contributed by atoms with Gasteiger partial charge in [-0.1, -0.05) is 0 Å². The van der Waals surface area contributed by atoms with E-state index in [1.165, 1.54) is 69.3 Å². The molecular formula is C30H50N4O4S. The van der Waals surface area contributed by atoms with Crippen LogP contribution in [-0.2, 0) is 14.8 Å². The summed E-state index contributed by atoms with van der Waals surface area (Å²) in [6, 6.07) is 4.90. The molecule has 1 aromatic rings. The van der Waals surface area contributed by atoms with E-state index < -0.39 is 10.0 Å². The van der Waals surface area contributed by atoms with Gasteiger partial charge in [-0.05, 0) is 102 Å². The lowest BCUT2D eigenvalue weighted by atomic mass is 9.82. The van der Waals surface area contributed by atoms with Gasteiger partial charge in [-0.15, -0.1) is 0 Å². The van der Waals surface area contributed by atoms with Crippen molar-refractivity contribution in [2.75, 3.05) is 67.0 Å². The van der Waals surface area contributed by atoms with Crippen molar-refractivity contribution in [3.63, 3.8) is 0 Å². The molecule has 9 heteroatoms. The first kappa shape index (κ1) is 30.4. The lowest BCUT2D eigenvalue weighted by Gasteiger charge is -2.45. The first-order valence-electron chi connectivity index (χ1n) is 14.9. The van der Waals surface area contributed by atoms with E-state index in [2.05, 4.69) is 21.7 Å². The number of carbonyl (C=O) groups excluding carboxylic acids is 1. The Balaban J connectivity index is 1.18. The minimum Gasteiger partial charge on any atom is -0.497 e. The van der Waals surface area contributed by atoms with Crippen molar-refractivity contribution >= 4 is 15.8 Å². The Morgan fingerprint density at radius 1 is 0.897 bits per heavy atom. The maximum Gasteiger partial charge on any atom is 0.243 e. The average molecular weight is 563 g/mol. The Hall–Kier alpha value is -1.52. The average Bonchev–Trinajstić information content (AvgIpc) is 2.92. The van der Waals surface area contributed by atoms with Crippen LogP contribution in [0.4, 0.5) is 0 Å². The second-order valence-corrected chi connectivity index (χ2v) is 14.2. The molecule has 0 atom stereocenters. The first-order valence-corrected chi connectivity index (χ1v) is 16.3. The monoisotopic (exact) mass is 562 g/mol. The zero-order chi connectivity index (χ0) is 28.2. The van der Waals surface area contributed by atoms with Crippen LogP contribution in [0, 0.1) is 19.8 Å². The number of nitrogens with zero attached hydrogens (tertiary/aromatic N) is 4. The number of ketones is 1. The predicted molar refractivity (Wildman–Crippen MR) is 156 cm³/mol. The Morgan fingerprint density at radius 3 is 1.92 bits per heavy atom. The highest BCUT2D eigenvalue weighted by Gasteiger charge is 2.32. The third kappa shape index (κ3) is 7.61. The third-order valence-electron chi connectivity index (χ3n) is 9.45. The second-order valence-electron chi connectivity index (χ2n) is 12.2. The van der Waals surface area contributed by atoms with Gasteiger partial charge in [0, 0.05) is 64.7 Å². The lowest BCUT2D eigenvalue weighted by molar-refractivity contribution is -0.120. The summed E-state index contributed by atoms with van der Waals surface area (Å²) in [7, 11) is 1.70. The molecule has 4 rings (SSSR count). The molecule has 2 aliphatic heterocycles. The number of rotatable bonds is 10. The summed E-state index contributed by atoms with van der Waals surface area (Å²) in [4.78, 5) is 21.0. The maximum atomic E-state index is 13.2. The van der Waals surface area contributed by atoms with Gasteiger partial charge in [-0.25, -0.2) is 12.7 Å². The van der Waals surface area contributed by atoms with Crippen LogP contribution in [0.15, 0.2) is 17.0 Å². The molecule has 1 aliphatic carbocycles. The minimum atomic E-state index is -3.67. The molecule has 3 fully saturated rings. The van der Waals surface area contributed by atoms with E-state index in [-0.39, 0.29) is 18.7 Å². The predicted octanol–water partition coefficient (Wildman–Crippen LogP) is 3.55. The van der Waals surface area contributed by atoms with E-state index in [9.17, 15) is 13.2 Å². The highest BCUT2D eigenvalue weighted by Crippen LogP contribution is 2.32. The van der Waals surface area contributed by atoms with Crippen LogP contribution in [0.25, 0.3) is 0 Å². The Morgan fingerprint density at radius 2 is 1.41 bits per heavy atom. The summed E-state index contributed by atoms with van der Waals surface area (Å²) in [5, 5.41) is 0. The van der Waals surface area contributed by atoms with Gasteiger partial charge in [0.15, 0.2) is 0 Å². The third-order valence-corrected chi connectivity index (χ3v) is 11.6. The van der Waals surface area contributed by atoms with Crippen molar-refractivity contribution in [2.45, 2.75) is 82.2 Å². The van der Waals surface area contributed by atoms with Crippen molar-refractivity contribution in [2.24, 2.45) is 5.92 Å². The lowest BCUT2D eigenvalue weighted by Crippen LogP contribution is -2.55. The summed E-state index contributed by atoms with van der Waals surface area (Å²) in [5.41, 5.74) is 1.31. The quantitative estimate of drug-likeness (QED) is 0.432. The van der Waals surface area contributed by atoms with Crippen molar-refractivity contribution in [3.05, 3.63) is 23.3 Å². The topological polar surface area (TPSA) is 73.4 Å². The fourth-order valence-corrected chi connectivity index (χ4v) is 8.53. The Labute approximate surface area is 236 Å². The molecule has 8 nitrogen and oxygen atoms in total. The molecule has 0 amide bonds. The van der Waals surface area contributed by atoms with Crippen LogP contribution >= 0.6 is 0 Å². The number of benzene rings is 1. The molecule has 1 aromatic carbocycles. The standard InChI is InChI=1S/C30H50N4O4S/c1-23-20-29(38-5)21-24(2)30(23)39(36,37)32(4)15-12-28(35)22-25-6-8-26(9-7-25)33-16-18-34(19-17-33)27-10-13-31(3)14-11-27/h20-21,25-27H,6-19,22H2,1-5H3. The van der Waals surface area contributed by atoms with Crippen LogP contribution in [0.1, 0.15) is 62.5 Å². The van der Waals surface area contributed by atoms with Gasteiger partial charge in [-0.3, -0.25) is 14.6 Å². The summed E-state index contributed by atoms with van der Waals surface area (Å²) in [5.74, 6) is 1.25. The Kier molecular flexibility index (Phi) is 10.5. The van der Waals surface area contributed by atoms with Crippen LogP contribution < -0.4 is 4.74 Å². The van der Waals surface area contributed by atoms with Crippen LogP contribution in [0.2, 0.25) is 0 Å². The van der Waals surface area contributed by atoms with E-state index >= 15 is 0 Å². The zero-order valence-corrected chi connectivity index (χ0v) is 25.6. The normalized spacial score (nSPS) is 24.8. The molecule has 0 bridgehead atoms. The van der Waals surface area contributed by atoms with Gasteiger partial charge in [-0.2, -0.15) is 0 Å². The summed E-state index contributed by atoms with van der Waals surface area (Å²) in [6.45, 7) is 11.0. The maximum absolute atomic E-state index is 13.2. The highest BCUT2D eigenvalue weighted by molar-refractivity contribution is 7.89. The molecule has 39 heavy (non-hydrogen) atoms. The van der Waals surface area contributed by atoms with Gasteiger partial charge in [0.25, 0.3) is 0 Å². The molecule has 0 N–H and O–H groups in total. The molecule has 0 unspecified atom stereocenters. The number of piperidine rings is 1. The van der Waals surface area contributed by atoms with Crippen molar-refractivity contribution in [3.8, 4) is 5.75 Å². The molecule has 3 aliphatic rings. The minimum absolute atomic E-state index is 0.176. The largest absolute Gasteiger partial charge is 0.497 e. The highest BCUT2D eigenvalue weighted by atomic mass is 32.2. The molecule has 0 spiro atoms. The number of ether oxygens (including phenoxy) is 1. The van der Waals surface area contributed by atoms with Gasteiger partial charge in [0.05, 0.1) is 12.0 Å². The molecule has 2 heterocycles. The second kappa shape index (κ2) is 13.4. The van der Waals surface area contributed by atoms with Crippen LogP contribution in [0.3, 0.4) is 0 Å². The zero-order valence-electron chi connectivity index (χ0n) is 24.8. The number of hydrogen-bond donors (Lipinski definition) is 0. The van der Waals surface area contributed by atoms with Crippen molar-refractivity contribution in [1.82, 2.24) is 19.0 Å². The van der Waals surface area contributed by atoms with E-state index in [0.29, 0.717) is 40.2 Å². The van der Waals surface area contributed by atoms with Gasteiger partial charge < -0.3 is 9.64 Å². The number of methoxy groups -OCH3 is 1. The molecule has 2 saturated heterocycles. The molecule has 220 valence electrons. The SMILES string of the molecule is COc1cc(C)c(S(=O)(=O)N(C)CCC(=O)CC2CCC(N3CCN(C4CCN(C)CC4)CC3)CC2)c(C)c1. The molecule has 0 aromatic heterocycles. The molecule has 1 saturated carbocycles. The fraction of sp³-hybridized carbons (Fsp3) is 0.767. The van der Waals surface area contributed by atoms with Crippen molar-refractivity contribution in [1.29, 1.82) is 0 Å². The number of Topliss-reactive ketones (excluding diaryl/α,β-unsaturated/α-hetero) is 1. The summed E-state index contributed by atoms with van der Waals surface area (Å²) < 4.78 is 33.1. The Bertz CT molecular complexity index is 1050. The fourth-order valence-electron chi connectivity index (χ4n) is 6.96. The number of carbonyl (C=O) groups is 1. The number of piperazine rings is 1. The van der Waals surface area contributed by atoms with E-state index in [1.807, 2.05) is 0 Å². The van der Waals surface area contributed by atoms with Gasteiger partial charge in [0.2, 0.25) is 10.0 Å². The first-order chi connectivity index (χ1) is 18.6. The van der Waals surface area contributed by atoms with Gasteiger partial charge >= 0.3 is 0 Å². The van der Waals surface area contributed by atoms with E-state index in [0.717, 1.165) is 18.9 Å². The number of sulfonamides is 1. The number of likely N-dealkylation sites (tertiary alicyclic amines) is 1. The van der Waals surface area contributed by atoms with Gasteiger partial charge in [0.1, 0.15) is 11.5 Å². The van der Waals surface area contributed by atoms with E-state index in [1.54, 1.807) is 40.1 Å². The van der Waals surface area contributed by atoms with Crippen molar-refractivity contribution < 1.29 is 17.9 Å². The molecular weight excluding hydrogens is 512 g/mol. The molecule has 0 radical (unpaired) electrons.